The van der Waals surface area contributed by atoms with Crippen LogP contribution < -0.4 is 10.1 Å². The molecule has 4 nitrogen and oxygen atoms in total. The minimum absolute atomic E-state index is 0.178. The Kier molecular flexibility index (Phi) is 5.05. The van der Waals surface area contributed by atoms with Crippen LogP contribution in [-0.4, -0.2) is 23.1 Å². The van der Waals surface area contributed by atoms with Gasteiger partial charge in [0.1, 0.15) is 10.9 Å². The average molecular weight is 350 g/mol. The topological polar surface area (TPSA) is 47.0 Å². The second kappa shape index (κ2) is 7.40. The quantitative estimate of drug-likeness (QED) is 0.664. The monoisotopic (exact) mass is 349 g/mol. The molecule has 0 spiro atoms. The van der Waals surface area contributed by atoms with Gasteiger partial charge in [0, 0.05) is 18.3 Å². The molecule has 24 heavy (non-hydrogen) atoms. The Morgan fingerprint density at radius 1 is 1.12 bits per heavy atom. The summed E-state index contributed by atoms with van der Waals surface area (Å²) in [6.45, 7) is -2.41. The van der Waals surface area contributed by atoms with Crippen LogP contribution in [0.25, 0.3) is 10.8 Å². The summed E-state index contributed by atoms with van der Waals surface area (Å²) in [5.41, 5.74) is 0.711. The SMILES string of the molecule is FC(F)Oc1ccc2ccccc2c1CCNc1nccc(Cl)n1. The highest BCUT2D eigenvalue weighted by atomic mass is 35.5. The largest absolute Gasteiger partial charge is 0.435 e. The van der Waals surface area contributed by atoms with Crippen LogP contribution in [0, 0.1) is 0 Å². The zero-order chi connectivity index (χ0) is 16.9. The molecule has 0 amide bonds. The molecule has 0 unspecified atom stereocenters. The number of halogens is 3. The highest BCUT2D eigenvalue weighted by Gasteiger charge is 2.13. The van der Waals surface area contributed by atoms with Gasteiger partial charge < -0.3 is 10.1 Å². The minimum atomic E-state index is -2.87. The molecule has 0 saturated heterocycles. The first kappa shape index (κ1) is 16.4. The molecule has 1 aromatic heterocycles. The zero-order valence-corrected chi connectivity index (χ0v) is 13.3. The molecule has 1 heterocycles. The molecule has 0 fully saturated rings. The molecule has 0 radical (unpaired) electrons. The lowest BCUT2D eigenvalue weighted by Crippen LogP contribution is -2.10. The Morgan fingerprint density at radius 2 is 1.96 bits per heavy atom. The maximum absolute atomic E-state index is 12.7. The summed E-state index contributed by atoms with van der Waals surface area (Å²) in [5, 5.41) is 5.21. The number of hydrogen-bond acceptors (Lipinski definition) is 4. The van der Waals surface area contributed by atoms with E-state index in [0.29, 0.717) is 29.6 Å². The van der Waals surface area contributed by atoms with Crippen molar-refractivity contribution in [2.75, 3.05) is 11.9 Å². The molecule has 0 aliphatic rings. The first-order valence-electron chi connectivity index (χ1n) is 7.31. The summed E-state index contributed by atoms with van der Waals surface area (Å²) in [4.78, 5) is 8.08. The van der Waals surface area contributed by atoms with Crippen LogP contribution in [0.4, 0.5) is 14.7 Å². The summed E-state index contributed by atoms with van der Waals surface area (Å²) < 4.78 is 30.0. The molecular weight excluding hydrogens is 336 g/mol. The van der Waals surface area contributed by atoms with Crippen LogP contribution in [0.3, 0.4) is 0 Å². The lowest BCUT2D eigenvalue weighted by atomic mass is 10.0. The van der Waals surface area contributed by atoms with Gasteiger partial charge in [0.05, 0.1) is 0 Å². The smallest absolute Gasteiger partial charge is 0.387 e. The van der Waals surface area contributed by atoms with Crippen molar-refractivity contribution < 1.29 is 13.5 Å². The standard InChI is InChI=1S/C17H14ClF2N3O/c18-15-8-10-22-17(23-15)21-9-7-13-12-4-2-1-3-11(12)5-6-14(13)24-16(19)20/h1-6,8,10,16H,7,9H2,(H,21,22,23). The summed E-state index contributed by atoms with van der Waals surface area (Å²) in [7, 11) is 0. The van der Waals surface area contributed by atoms with Gasteiger partial charge in [-0.3, -0.25) is 0 Å². The molecule has 124 valence electrons. The van der Waals surface area contributed by atoms with Crippen LogP contribution in [0.5, 0.6) is 5.75 Å². The predicted octanol–water partition coefficient (Wildman–Crippen LogP) is 4.54. The number of rotatable bonds is 6. The Balaban J connectivity index is 1.83. The van der Waals surface area contributed by atoms with Gasteiger partial charge in [0.15, 0.2) is 0 Å². The van der Waals surface area contributed by atoms with Crippen LogP contribution in [0.2, 0.25) is 5.15 Å². The van der Waals surface area contributed by atoms with E-state index in [4.69, 9.17) is 11.6 Å². The van der Waals surface area contributed by atoms with Gasteiger partial charge in [-0.25, -0.2) is 9.97 Å². The summed E-state index contributed by atoms with van der Waals surface area (Å²) in [6, 6.07) is 12.5. The van der Waals surface area contributed by atoms with Crippen molar-refractivity contribution in [2.45, 2.75) is 13.0 Å². The van der Waals surface area contributed by atoms with E-state index >= 15 is 0 Å². The van der Waals surface area contributed by atoms with E-state index < -0.39 is 6.61 Å². The van der Waals surface area contributed by atoms with Crippen LogP contribution in [-0.2, 0) is 6.42 Å². The summed E-state index contributed by atoms with van der Waals surface area (Å²) in [6.07, 6.45) is 2.01. The molecule has 0 saturated carbocycles. The number of aromatic nitrogens is 2. The summed E-state index contributed by atoms with van der Waals surface area (Å²) >= 11 is 5.81. The Morgan fingerprint density at radius 3 is 2.75 bits per heavy atom. The van der Waals surface area contributed by atoms with E-state index in [1.54, 1.807) is 24.4 Å². The van der Waals surface area contributed by atoms with Gasteiger partial charge in [-0.1, -0.05) is 41.9 Å². The van der Waals surface area contributed by atoms with Gasteiger partial charge in [-0.15, -0.1) is 0 Å². The third kappa shape index (κ3) is 3.89. The Labute approximate surface area is 142 Å². The van der Waals surface area contributed by atoms with E-state index in [2.05, 4.69) is 20.0 Å². The molecule has 2 aromatic carbocycles. The van der Waals surface area contributed by atoms with E-state index in [1.165, 1.54) is 0 Å². The first-order valence-corrected chi connectivity index (χ1v) is 7.69. The van der Waals surface area contributed by atoms with Crippen molar-refractivity contribution in [3.63, 3.8) is 0 Å². The van der Waals surface area contributed by atoms with E-state index in [1.807, 2.05) is 24.3 Å². The van der Waals surface area contributed by atoms with Crippen molar-refractivity contribution in [3.8, 4) is 5.75 Å². The highest BCUT2D eigenvalue weighted by molar-refractivity contribution is 6.29. The van der Waals surface area contributed by atoms with Crippen molar-refractivity contribution in [2.24, 2.45) is 0 Å². The van der Waals surface area contributed by atoms with Crippen LogP contribution in [0.15, 0.2) is 48.7 Å². The fourth-order valence-corrected chi connectivity index (χ4v) is 2.64. The lowest BCUT2D eigenvalue weighted by Gasteiger charge is -2.14. The van der Waals surface area contributed by atoms with E-state index in [-0.39, 0.29) is 5.75 Å². The van der Waals surface area contributed by atoms with Crippen LogP contribution in [0.1, 0.15) is 5.56 Å². The van der Waals surface area contributed by atoms with Crippen molar-refractivity contribution in [1.29, 1.82) is 0 Å². The van der Waals surface area contributed by atoms with Crippen molar-refractivity contribution >= 4 is 28.3 Å². The first-order chi connectivity index (χ1) is 11.6. The molecular formula is C17H14ClF2N3O. The van der Waals surface area contributed by atoms with E-state index in [0.717, 1.165) is 10.8 Å². The number of nitrogens with zero attached hydrogens (tertiary/aromatic N) is 2. The third-order valence-electron chi connectivity index (χ3n) is 3.49. The lowest BCUT2D eigenvalue weighted by molar-refractivity contribution is -0.0503. The number of nitrogens with one attached hydrogen (secondary N) is 1. The molecule has 0 aliphatic heterocycles. The molecule has 0 aliphatic carbocycles. The van der Waals surface area contributed by atoms with Gasteiger partial charge in [0.2, 0.25) is 5.95 Å². The normalized spacial score (nSPS) is 11.0. The van der Waals surface area contributed by atoms with Gasteiger partial charge in [-0.05, 0) is 29.3 Å². The Hall–Kier alpha value is -2.47. The number of fused-ring (bicyclic) bond motifs is 1. The molecule has 3 aromatic rings. The summed E-state index contributed by atoms with van der Waals surface area (Å²) in [5.74, 6) is 0.566. The number of hydrogen-bond donors (Lipinski definition) is 1. The minimum Gasteiger partial charge on any atom is -0.435 e. The van der Waals surface area contributed by atoms with Gasteiger partial charge in [-0.2, -0.15) is 8.78 Å². The third-order valence-corrected chi connectivity index (χ3v) is 3.70. The van der Waals surface area contributed by atoms with Gasteiger partial charge in [0.25, 0.3) is 0 Å². The molecule has 1 N–H and O–H groups in total. The second-order valence-electron chi connectivity index (χ2n) is 5.02. The number of ether oxygens (including phenoxy) is 1. The number of anilines is 1. The fourth-order valence-electron chi connectivity index (χ4n) is 2.50. The predicted molar refractivity (Wildman–Crippen MR) is 89.8 cm³/mol. The zero-order valence-electron chi connectivity index (χ0n) is 12.5. The molecule has 3 rings (SSSR count). The number of alkyl halides is 2. The second-order valence-corrected chi connectivity index (χ2v) is 5.41. The maximum Gasteiger partial charge on any atom is 0.387 e. The Bertz CT molecular complexity index is 845. The fraction of sp³-hybridized carbons (Fsp3) is 0.176. The van der Waals surface area contributed by atoms with Crippen molar-refractivity contribution in [1.82, 2.24) is 9.97 Å². The molecule has 7 heteroatoms. The van der Waals surface area contributed by atoms with Crippen molar-refractivity contribution in [3.05, 3.63) is 59.4 Å². The maximum atomic E-state index is 12.7. The number of benzene rings is 2. The highest BCUT2D eigenvalue weighted by Crippen LogP contribution is 2.29. The molecule has 0 atom stereocenters. The molecule has 0 bridgehead atoms. The average Bonchev–Trinajstić information content (AvgIpc) is 2.56. The van der Waals surface area contributed by atoms with Crippen LogP contribution >= 0.6 is 11.6 Å². The van der Waals surface area contributed by atoms with Gasteiger partial charge >= 0.3 is 6.61 Å². The van der Waals surface area contributed by atoms with E-state index in [9.17, 15) is 8.78 Å².